The van der Waals surface area contributed by atoms with E-state index in [1.807, 2.05) is 63.2 Å². The molecule has 1 aromatic heterocycles. The maximum atomic E-state index is 11.6. The van der Waals surface area contributed by atoms with Crippen molar-refractivity contribution in [2.45, 2.75) is 26.2 Å². The van der Waals surface area contributed by atoms with Crippen LogP contribution in [0.1, 0.15) is 26.5 Å². The molecule has 0 atom stereocenters. The Kier molecular flexibility index (Phi) is 4.17. The minimum absolute atomic E-state index is 0.0439. The topological polar surface area (TPSA) is 65.3 Å². The minimum Gasteiger partial charge on any atom is -0.496 e. The lowest BCUT2D eigenvalue weighted by Crippen LogP contribution is -2.14. The van der Waals surface area contributed by atoms with Gasteiger partial charge in [-0.2, -0.15) is 0 Å². The molecule has 0 spiro atoms. The number of fused-ring (bicyclic) bond motifs is 1. The second-order valence-electron chi connectivity index (χ2n) is 6.97. The Morgan fingerprint density at radius 2 is 1.76 bits per heavy atom. The third-order valence-corrected chi connectivity index (χ3v) is 4.15. The summed E-state index contributed by atoms with van der Waals surface area (Å²) in [5, 5.41) is 12.3. The molecule has 0 N–H and O–H groups in total. The maximum absolute atomic E-state index is 11.6. The van der Waals surface area contributed by atoms with Gasteiger partial charge in [-0.05, 0) is 23.3 Å². The van der Waals surface area contributed by atoms with Gasteiger partial charge in [0.05, 0.1) is 18.1 Å². The minimum atomic E-state index is -0.404. The highest BCUT2D eigenvalue weighted by Gasteiger charge is 2.24. The lowest BCUT2D eigenvalue weighted by molar-refractivity contribution is -0.383. The molecular formula is C20H20N2O3. The van der Waals surface area contributed by atoms with Crippen molar-refractivity contribution >= 4 is 16.6 Å². The molecule has 0 fully saturated rings. The van der Waals surface area contributed by atoms with Gasteiger partial charge in [-0.25, -0.2) is 4.98 Å². The van der Waals surface area contributed by atoms with E-state index in [4.69, 9.17) is 4.74 Å². The molecule has 0 aliphatic rings. The first-order chi connectivity index (χ1) is 11.8. The Balaban J connectivity index is 2.47. The summed E-state index contributed by atoms with van der Waals surface area (Å²) in [5.41, 5.74) is 2.83. The van der Waals surface area contributed by atoms with Crippen molar-refractivity contribution in [3.63, 3.8) is 0 Å². The Labute approximate surface area is 146 Å². The molecule has 0 bridgehead atoms. The van der Waals surface area contributed by atoms with E-state index in [1.165, 1.54) is 13.2 Å². The quantitative estimate of drug-likeness (QED) is 0.492. The molecule has 0 aliphatic heterocycles. The highest BCUT2D eigenvalue weighted by molar-refractivity contribution is 6.00. The summed E-state index contributed by atoms with van der Waals surface area (Å²) in [6, 6.07) is 15.1. The van der Waals surface area contributed by atoms with Gasteiger partial charge < -0.3 is 4.74 Å². The van der Waals surface area contributed by atoms with Crippen molar-refractivity contribution < 1.29 is 9.66 Å². The number of nitrogens with zero attached hydrogens (tertiary/aromatic N) is 2. The average molecular weight is 336 g/mol. The first-order valence-electron chi connectivity index (χ1n) is 8.04. The molecule has 5 heteroatoms. The number of rotatable bonds is 3. The second kappa shape index (κ2) is 6.16. The van der Waals surface area contributed by atoms with Crippen LogP contribution in [-0.4, -0.2) is 17.0 Å². The Morgan fingerprint density at radius 1 is 1.08 bits per heavy atom. The summed E-state index contributed by atoms with van der Waals surface area (Å²) in [6.45, 7) is 6.14. The SMILES string of the molecule is COc1cc([N+](=O)[O-])c2nc(C(C)(C)C)cc(-c3ccccc3)c2c1. The highest BCUT2D eigenvalue weighted by atomic mass is 16.6. The van der Waals surface area contributed by atoms with Gasteiger partial charge in [0, 0.05) is 16.5 Å². The van der Waals surface area contributed by atoms with E-state index < -0.39 is 4.92 Å². The molecule has 25 heavy (non-hydrogen) atoms. The molecule has 0 saturated carbocycles. The molecule has 0 unspecified atom stereocenters. The van der Waals surface area contributed by atoms with Crippen LogP contribution < -0.4 is 4.74 Å². The number of methoxy groups -OCH3 is 1. The number of aromatic nitrogens is 1. The Morgan fingerprint density at radius 3 is 2.32 bits per heavy atom. The lowest BCUT2D eigenvalue weighted by atomic mass is 9.88. The van der Waals surface area contributed by atoms with E-state index in [2.05, 4.69) is 4.98 Å². The first-order valence-corrected chi connectivity index (χ1v) is 8.04. The van der Waals surface area contributed by atoms with Crippen molar-refractivity contribution in [1.29, 1.82) is 0 Å². The number of benzene rings is 2. The number of non-ortho nitro benzene ring substituents is 1. The Hall–Kier alpha value is -2.95. The monoisotopic (exact) mass is 336 g/mol. The van der Waals surface area contributed by atoms with E-state index in [1.54, 1.807) is 0 Å². The van der Waals surface area contributed by atoms with Crippen LogP contribution in [0.4, 0.5) is 5.69 Å². The summed E-state index contributed by atoms with van der Waals surface area (Å²) in [6.07, 6.45) is 0. The number of nitro benzene ring substituents is 1. The fourth-order valence-electron chi connectivity index (χ4n) is 2.78. The molecule has 0 saturated heterocycles. The van der Waals surface area contributed by atoms with Crippen LogP contribution in [0.3, 0.4) is 0 Å². The average Bonchev–Trinajstić information content (AvgIpc) is 2.59. The van der Waals surface area contributed by atoms with Crippen molar-refractivity contribution in [2.75, 3.05) is 7.11 Å². The van der Waals surface area contributed by atoms with Crippen molar-refractivity contribution in [1.82, 2.24) is 4.98 Å². The van der Waals surface area contributed by atoms with Gasteiger partial charge in [0.15, 0.2) is 0 Å². The van der Waals surface area contributed by atoms with Gasteiger partial charge in [-0.3, -0.25) is 10.1 Å². The molecular weight excluding hydrogens is 316 g/mol. The zero-order valence-electron chi connectivity index (χ0n) is 14.7. The van der Waals surface area contributed by atoms with Crippen LogP contribution >= 0.6 is 0 Å². The molecule has 0 radical (unpaired) electrons. The van der Waals surface area contributed by atoms with Crippen LogP contribution in [0.25, 0.3) is 22.0 Å². The van der Waals surface area contributed by atoms with Gasteiger partial charge in [-0.1, -0.05) is 51.1 Å². The normalized spacial score (nSPS) is 11.5. The van der Waals surface area contributed by atoms with E-state index in [9.17, 15) is 10.1 Å². The van der Waals surface area contributed by atoms with E-state index in [0.29, 0.717) is 16.7 Å². The highest BCUT2D eigenvalue weighted by Crippen LogP contribution is 2.38. The van der Waals surface area contributed by atoms with Crippen molar-refractivity contribution in [2.24, 2.45) is 0 Å². The van der Waals surface area contributed by atoms with Gasteiger partial charge in [0.1, 0.15) is 11.3 Å². The first kappa shape index (κ1) is 16.9. The standard InChI is InChI=1S/C20H20N2O3/c1-20(2,3)18-12-15(13-8-6-5-7-9-13)16-10-14(25-4)11-17(22(23)24)19(16)21-18/h5-12H,1-4H3. The molecule has 5 nitrogen and oxygen atoms in total. The summed E-state index contributed by atoms with van der Waals surface area (Å²) in [4.78, 5) is 15.8. The van der Waals surface area contributed by atoms with Gasteiger partial charge in [0.2, 0.25) is 0 Å². The summed E-state index contributed by atoms with van der Waals surface area (Å²) in [5.74, 6) is 0.446. The number of ether oxygens (including phenoxy) is 1. The fraction of sp³-hybridized carbons (Fsp3) is 0.250. The van der Waals surface area contributed by atoms with E-state index >= 15 is 0 Å². The number of pyridine rings is 1. The zero-order valence-corrected chi connectivity index (χ0v) is 14.7. The van der Waals surface area contributed by atoms with Crippen LogP contribution in [0.5, 0.6) is 5.75 Å². The predicted octanol–water partition coefficient (Wildman–Crippen LogP) is 5.12. The third-order valence-electron chi connectivity index (χ3n) is 4.15. The van der Waals surface area contributed by atoms with Crippen LogP contribution in [-0.2, 0) is 5.41 Å². The molecule has 0 amide bonds. The number of hydrogen-bond donors (Lipinski definition) is 0. The molecule has 2 aromatic carbocycles. The number of nitro groups is 1. The van der Waals surface area contributed by atoms with Gasteiger partial charge in [-0.15, -0.1) is 0 Å². The van der Waals surface area contributed by atoms with E-state index in [0.717, 1.165) is 16.8 Å². The molecule has 3 rings (SSSR count). The Bertz CT molecular complexity index is 945. The fourth-order valence-corrected chi connectivity index (χ4v) is 2.78. The summed E-state index contributed by atoms with van der Waals surface area (Å²) >= 11 is 0. The van der Waals surface area contributed by atoms with E-state index in [-0.39, 0.29) is 11.1 Å². The molecule has 1 heterocycles. The maximum Gasteiger partial charge on any atom is 0.299 e. The van der Waals surface area contributed by atoms with Gasteiger partial charge in [0.25, 0.3) is 5.69 Å². The van der Waals surface area contributed by atoms with Crippen LogP contribution in [0.15, 0.2) is 48.5 Å². The smallest absolute Gasteiger partial charge is 0.299 e. The molecule has 3 aromatic rings. The third kappa shape index (κ3) is 3.18. The zero-order chi connectivity index (χ0) is 18.2. The van der Waals surface area contributed by atoms with Gasteiger partial charge >= 0.3 is 0 Å². The lowest BCUT2D eigenvalue weighted by Gasteiger charge is -2.20. The largest absolute Gasteiger partial charge is 0.496 e. The van der Waals surface area contributed by atoms with Crippen molar-refractivity contribution in [3.8, 4) is 16.9 Å². The van der Waals surface area contributed by atoms with Crippen LogP contribution in [0, 0.1) is 10.1 Å². The second-order valence-corrected chi connectivity index (χ2v) is 6.97. The molecule has 128 valence electrons. The number of hydrogen-bond acceptors (Lipinski definition) is 4. The van der Waals surface area contributed by atoms with Crippen LogP contribution in [0.2, 0.25) is 0 Å². The predicted molar refractivity (Wildman–Crippen MR) is 99.1 cm³/mol. The molecule has 0 aliphatic carbocycles. The van der Waals surface area contributed by atoms with Crippen molar-refractivity contribution in [3.05, 3.63) is 64.3 Å². The summed E-state index contributed by atoms with van der Waals surface area (Å²) in [7, 11) is 1.50. The summed E-state index contributed by atoms with van der Waals surface area (Å²) < 4.78 is 5.27.